The topological polar surface area (TPSA) is 3.88 Å². The van der Waals surface area contributed by atoms with Crippen molar-refractivity contribution >= 4 is 0 Å². The van der Waals surface area contributed by atoms with Crippen molar-refractivity contribution < 1.29 is 4.57 Å². The quantitative estimate of drug-likeness (QED) is 0.607. The molecule has 0 saturated heterocycles. The van der Waals surface area contributed by atoms with E-state index in [0.29, 0.717) is 0 Å². The van der Waals surface area contributed by atoms with E-state index in [0.717, 1.165) is 0 Å². The van der Waals surface area contributed by atoms with E-state index in [4.69, 9.17) is 0 Å². The Bertz CT molecular complexity index is 787. The Kier molecular flexibility index (Phi) is 3.57. The first-order chi connectivity index (χ1) is 10.2. The molecule has 0 spiro atoms. The lowest BCUT2D eigenvalue weighted by Crippen LogP contribution is -2.30. The molecule has 0 fully saturated rings. The monoisotopic (exact) mass is 274 g/mol. The summed E-state index contributed by atoms with van der Waals surface area (Å²) >= 11 is 0. The molecule has 0 bridgehead atoms. The Morgan fingerprint density at radius 3 is 2.19 bits per heavy atom. The summed E-state index contributed by atoms with van der Waals surface area (Å²) < 4.78 is 2.16. The normalized spacial score (nSPS) is 10.6. The summed E-state index contributed by atoms with van der Waals surface area (Å²) in [6, 6.07) is 21.6. The minimum atomic E-state index is 1.24. The molecular formula is C20H20N+. The molecule has 0 saturated carbocycles. The van der Waals surface area contributed by atoms with Gasteiger partial charge < -0.3 is 0 Å². The van der Waals surface area contributed by atoms with E-state index in [1.54, 1.807) is 0 Å². The smallest absolute Gasteiger partial charge is 0.201 e. The van der Waals surface area contributed by atoms with Gasteiger partial charge in [0.2, 0.25) is 5.69 Å². The van der Waals surface area contributed by atoms with Crippen LogP contribution in [0, 0.1) is 13.8 Å². The summed E-state index contributed by atoms with van der Waals surface area (Å²) in [4.78, 5) is 0. The maximum atomic E-state index is 2.28. The highest BCUT2D eigenvalue weighted by Gasteiger charge is 2.12. The van der Waals surface area contributed by atoms with Crippen LogP contribution in [0.5, 0.6) is 0 Å². The van der Waals surface area contributed by atoms with E-state index in [-0.39, 0.29) is 0 Å². The van der Waals surface area contributed by atoms with Crippen LogP contribution < -0.4 is 4.57 Å². The van der Waals surface area contributed by atoms with Crippen molar-refractivity contribution in [1.29, 1.82) is 0 Å². The molecule has 3 aromatic rings. The van der Waals surface area contributed by atoms with E-state index >= 15 is 0 Å². The molecule has 3 rings (SSSR count). The highest BCUT2D eigenvalue weighted by Crippen LogP contribution is 2.28. The Morgan fingerprint density at radius 2 is 1.48 bits per heavy atom. The van der Waals surface area contributed by atoms with E-state index < -0.39 is 0 Å². The van der Waals surface area contributed by atoms with Gasteiger partial charge in [-0.05, 0) is 48.2 Å². The highest BCUT2D eigenvalue weighted by molar-refractivity contribution is 5.72. The van der Waals surface area contributed by atoms with Crippen LogP contribution in [0.15, 0.2) is 66.9 Å². The van der Waals surface area contributed by atoms with Gasteiger partial charge in [0.25, 0.3) is 0 Å². The van der Waals surface area contributed by atoms with Crippen molar-refractivity contribution in [3.05, 3.63) is 78.0 Å². The van der Waals surface area contributed by atoms with Gasteiger partial charge in [0.15, 0.2) is 6.20 Å². The number of hydrogen-bond acceptors (Lipinski definition) is 0. The van der Waals surface area contributed by atoms with Crippen LogP contribution >= 0.6 is 0 Å². The third-order valence-corrected chi connectivity index (χ3v) is 4.01. The molecule has 0 amide bonds. The Morgan fingerprint density at radius 1 is 0.714 bits per heavy atom. The fraction of sp³-hybridized carbons (Fsp3) is 0.150. The number of rotatable bonds is 2. The highest BCUT2D eigenvalue weighted by atomic mass is 14.9. The fourth-order valence-electron chi connectivity index (χ4n) is 2.82. The van der Waals surface area contributed by atoms with Gasteiger partial charge in [-0.3, -0.25) is 0 Å². The SMILES string of the molecule is Cc1ccccc1-c1ccc(-c2cccc[n+]2C)c(C)c1. The zero-order valence-corrected chi connectivity index (χ0v) is 12.8. The molecule has 0 aliphatic carbocycles. The largest absolute Gasteiger partial charge is 0.212 e. The summed E-state index contributed by atoms with van der Waals surface area (Å²) in [6.45, 7) is 4.35. The molecule has 0 N–H and O–H groups in total. The minimum absolute atomic E-state index is 1.24. The predicted octanol–water partition coefficient (Wildman–Crippen LogP) is 4.46. The van der Waals surface area contributed by atoms with Crippen LogP contribution in [0.3, 0.4) is 0 Å². The van der Waals surface area contributed by atoms with Crippen molar-refractivity contribution in [2.24, 2.45) is 7.05 Å². The summed E-state index contributed by atoms with van der Waals surface area (Å²) in [6.07, 6.45) is 2.09. The third kappa shape index (κ3) is 2.59. The number of hydrogen-bond donors (Lipinski definition) is 0. The Labute approximate surface area is 126 Å². The molecule has 0 radical (unpaired) electrons. The molecule has 0 atom stereocenters. The molecule has 2 aromatic carbocycles. The molecule has 1 heterocycles. The van der Waals surface area contributed by atoms with E-state index in [2.05, 4.69) is 92.3 Å². The Hall–Kier alpha value is -2.41. The zero-order chi connectivity index (χ0) is 14.8. The van der Waals surface area contributed by atoms with Gasteiger partial charge in [0, 0.05) is 17.7 Å². The van der Waals surface area contributed by atoms with Crippen LogP contribution in [-0.2, 0) is 7.05 Å². The van der Waals surface area contributed by atoms with Crippen molar-refractivity contribution in [1.82, 2.24) is 0 Å². The van der Waals surface area contributed by atoms with E-state index in [9.17, 15) is 0 Å². The lowest BCUT2D eigenvalue weighted by Gasteiger charge is -2.09. The maximum Gasteiger partial charge on any atom is 0.212 e. The number of nitrogens with zero attached hydrogens (tertiary/aromatic N) is 1. The first-order valence-electron chi connectivity index (χ1n) is 7.28. The van der Waals surface area contributed by atoms with Crippen LogP contribution in [0.25, 0.3) is 22.4 Å². The predicted molar refractivity (Wildman–Crippen MR) is 88.0 cm³/mol. The first-order valence-corrected chi connectivity index (χ1v) is 7.28. The van der Waals surface area contributed by atoms with Crippen LogP contribution in [0.4, 0.5) is 0 Å². The van der Waals surface area contributed by atoms with Crippen molar-refractivity contribution in [2.75, 3.05) is 0 Å². The standard InChI is InChI=1S/C20H20N/c1-15-8-4-5-9-18(15)17-11-12-19(16(2)14-17)20-10-6-7-13-21(20)3/h4-14H,1-3H3/q+1. The second-order valence-corrected chi connectivity index (χ2v) is 5.54. The van der Waals surface area contributed by atoms with Gasteiger partial charge >= 0.3 is 0 Å². The summed E-state index contributed by atoms with van der Waals surface area (Å²) in [5.74, 6) is 0. The lowest BCUT2D eigenvalue weighted by molar-refractivity contribution is -0.660. The molecule has 21 heavy (non-hydrogen) atoms. The minimum Gasteiger partial charge on any atom is -0.201 e. The summed E-state index contributed by atoms with van der Waals surface area (Å²) in [5, 5.41) is 0. The molecule has 1 heteroatoms. The van der Waals surface area contributed by atoms with Gasteiger partial charge in [-0.2, -0.15) is 0 Å². The molecule has 0 aliphatic rings. The van der Waals surface area contributed by atoms with E-state index in [1.165, 1.54) is 33.5 Å². The molecular weight excluding hydrogens is 254 g/mol. The van der Waals surface area contributed by atoms with Crippen LogP contribution in [0.2, 0.25) is 0 Å². The average molecular weight is 274 g/mol. The maximum absolute atomic E-state index is 2.28. The van der Waals surface area contributed by atoms with Crippen LogP contribution in [0.1, 0.15) is 11.1 Å². The van der Waals surface area contributed by atoms with Gasteiger partial charge in [-0.15, -0.1) is 0 Å². The number of aryl methyl sites for hydroxylation is 3. The number of aromatic nitrogens is 1. The molecule has 1 nitrogen and oxygen atoms in total. The first kappa shape index (κ1) is 13.6. The molecule has 104 valence electrons. The van der Waals surface area contributed by atoms with Crippen molar-refractivity contribution in [2.45, 2.75) is 13.8 Å². The average Bonchev–Trinajstić information content (AvgIpc) is 2.49. The second-order valence-electron chi connectivity index (χ2n) is 5.54. The summed E-state index contributed by atoms with van der Waals surface area (Å²) in [5.41, 5.74) is 7.74. The number of benzene rings is 2. The molecule has 0 aliphatic heterocycles. The number of pyridine rings is 1. The van der Waals surface area contributed by atoms with Crippen molar-refractivity contribution in [3.63, 3.8) is 0 Å². The third-order valence-electron chi connectivity index (χ3n) is 4.01. The van der Waals surface area contributed by atoms with Gasteiger partial charge in [-0.25, -0.2) is 4.57 Å². The molecule has 1 aromatic heterocycles. The molecule has 0 unspecified atom stereocenters. The van der Waals surface area contributed by atoms with Gasteiger partial charge in [0.1, 0.15) is 7.05 Å². The summed E-state index contributed by atoms with van der Waals surface area (Å²) in [7, 11) is 2.09. The Balaban J connectivity index is 2.09. The van der Waals surface area contributed by atoms with Gasteiger partial charge in [-0.1, -0.05) is 36.4 Å². The zero-order valence-electron chi connectivity index (χ0n) is 12.8. The lowest BCUT2D eigenvalue weighted by atomic mass is 9.95. The van der Waals surface area contributed by atoms with Crippen molar-refractivity contribution in [3.8, 4) is 22.4 Å². The van der Waals surface area contributed by atoms with Crippen LogP contribution in [-0.4, -0.2) is 0 Å². The van der Waals surface area contributed by atoms with E-state index in [1.807, 2.05) is 0 Å². The fourth-order valence-corrected chi connectivity index (χ4v) is 2.82. The second kappa shape index (κ2) is 5.53. The van der Waals surface area contributed by atoms with Gasteiger partial charge in [0.05, 0.1) is 0 Å².